The molecular formula is C14H26N4. The topological polar surface area (TPSA) is 41.0 Å². The summed E-state index contributed by atoms with van der Waals surface area (Å²) in [6, 6.07) is 2.03. The van der Waals surface area contributed by atoms with E-state index in [1.54, 1.807) is 0 Å². The van der Waals surface area contributed by atoms with Crippen molar-refractivity contribution in [3.05, 3.63) is 11.9 Å². The summed E-state index contributed by atoms with van der Waals surface area (Å²) in [5, 5.41) is 3.27. The Hall–Kier alpha value is -1.32. The molecule has 1 aromatic heterocycles. The highest BCUT2D eigenvalue weighted by molar-refractivity contribution is 5.49. The maximum Gasteiger partial charge on any atom is 0.135 e. The van der Waals surface area contributed by atoms with Crippen molar-refractivity contribution in [1.82, 2.24) is 9.97 Å². The van der Waals surface area contributed by atoms with E-state index in [9.17, 15) is 0 Å². The highest BCUT2D eigenvalue weighted by Crippen LogP contribution is 2.19. The molecule has 0 spiro atoms. The van der Waals surface area contributed by atoms with Gasteiger partial charge in [-0.05, 0) is 12.8 Å². The van der Waals surface area contributed by atoms with Gasteiger partial charge < -0.3 is 10.2 Å². The van der Waals surface area contributed by atoms with Gasteiger partial charge in [-0.25, -0.2) is 9.97 Å². The van der Waals surface area contributed by atoms with Crippen molar-refractivity contribution in [3.8, 4) is 0 Å². The smallest absolute Gasteiger partial charge is 0.135 e. The van der Waals surface area contributed by atoms with Crippen molar-refractivity contribution in [2.75, 3.05) is 30.4 Å². The van der Waals surface area contributed by atoms with E-state index in [2.05, 4.69) is 61.9 Å². The fourth-order valence-corrected chi connectivity index (χ4v) is 1.82. The fraction of sp³-hybridized carbons (Fsp3) is 0.714. The molecule has 0 aromatic carbocycles. The van der Waals surface area contributed by atoms with Gasteiger partial charge in [-0.15, -0.1) is 0 Å². The van der Waals surface area contributed by atoms with E-state index in [0.717, 1.165) is 30.5 Å². The van der Waals surface area contributed by atoms with Crippen LogP contribution in [0, 0.1) is 5.92 Å². The van der Waals surface area contributed by atoms with E-state index in [1.165, 1.54) is 0 Å². The lowest BCUT2D eigenvalue weighted by atomic mass is 10.2. The molecule has 1 heterocycles. The molecule has 18 heavy (non-hydrogen) atoms. The first-order valence-corrected chi connectivity index (χ1v) is 6.78. The monoisotopic (exact) mass is 250 g/mol. The molecule has 0 atom stereocenters. The first-order chi connectivity index (χ1) is 8.43. The van der Waals surface area contributed by atoms with E-state index in [0.29, 0.717) is 11.8 Å². The Kier molecular flexibility index (Phi) is 5.38. The molecular weight excluding hydrogens is 224 g/mol. The quantitative estimate of drug-likeness (QED) is 0.842. The van der Waals surface area contributed by atoms with E-state index in [-0.39, 0.29) is 0 Å². The van der Waals surface area contributed by atoms with Crippen LogP contribution >= 0.6 is 0 Å². The van der Waals surface area contributed by atoms with Gasteiger partial charge in [0, 0.05) is 32.1 Å². The van der Waals surface area contributed by atoms with E-state index in [1.807, 2.05) is 6.07 Å². The summed E-state index contributed by atoms with van der Waals surface area (Å²) in [6.45, 7) is 12.6. The Labute approximate surface area is 111 Å². The average molecular weight is 250 g/mol. The van der Waals surface area contributed by atoms with E-state index < -0.39 is 0 Å². The Bertz CT molecular complexity index is 374. The molecule has 1 rings (SSSR count). The number of rotatable bonds is 6. The van der Waals surface area contributed by atoms with E-state index >= 15 is 0 Å². The molecule has 0 aliphatic carbocycles. The van der Waals surface area contributed by atoms with E-state index in [4.69, 9.17) is 0 Å². The third kappa shape index (κ3) is 4.17. The predicted octanol–water partition coefficient (Wildman–Crippen LogP) is 3.12. The van der Waals surface area contributed by atoms with Crippen LogP contribution in [0.4, 0.5) is 11.6 Å². The normalized spacial score (nSPS) is 11.1. The van der Waals surface area contributed by atoms with Gasteiger partial charge in [0.05, 0.1) is 0 Å². The molecule has 0 bridgehead atoms. The lowest BCUT2D eigenvalue weighted by Gasteiger charge is -2.22. The molecule has 4 nitrogen and oxygen atoms in total. The molecule has 4 heteroatoms. The number of nitrogens with one attached hydrogen (secondary N) is 1. The van der Waals surface area contributed by atoms with Crippen molar-refractivity contribution in [1.29, 1.82) is 0 Å². The fourth-order valence-electron chi connectivity index (χ4n) is 1.82. The second-order valence-electron chi connectivity index (χ2n) is 5.43. The molecule has 0 saturated heterocycles. The highest BCUT2D eigenvalue weighted by Gasteiger charge is 2.11. The van der Waals surface area contributed by atoms with Crippen LogP contribution in [0.25, 0.3) is 0 Å². The van der Waals surface area contributed by atoms with Crippen LogP contribution in [0.5, 0.6) is 0 Å². The van der Waals surface area contributed by atoms with Crippen molar-refractivity contribution >= 4 is 11.6 Å². The van der Waals surface area contributed by atoms with Crippen LogP contribution in [0.3, 0.4) is 0 Å². The second kappa shape index (κ2) is 6.57. The first kappa shape index (κ1) is 14.7. The number of anilines is 2. The Morgan fingerprint density at radius 1 is 1.22 bits per heavy atom. The van der Waals surface area contributed by atoms with Crippen LogP contribution in [-0.4, -0.2) is 30.1 Å². The highest BCUT2D eigenvalue weighted by atomic mass is 15.2. The van der Waals surface area contributed by atoms with Gasteiger partial charge in [0.15, 0.2) is 0 Å². The van der Waals surface area contributed by atoms with Gasteiger partial charge in [-0.1, -0.05) is 27.7 Å². The third-order valence-electron chi connectivity index (χ3n) is 2.63. The van der Waals surface area contributed by atoms with Crippen LogP contribution in [0.1, 0.15) is 46.4 Å². The summed E-state index contributed by atoms with van der Waals surface area (Å²) in [6.07, 6.45) is 0. The largest absolute Gasteiger partial charge is 0.370 e. The standard InChI is InChI=1S/C14H26N4/c1-7-15-12-8-13(18(6)9-10(2)3)17-14(16-12)11(4)5/h8,10-11H,7,9H2,1-6H3,(H,15,16,17). The SMILES string of the molecule is CCNc1cc(N(C)CC(C)C)nc(C(C)C)n1. The number of hydrogen-bond acceptors (Lipinski definition) is 4. The number of hydrogen-bond donors (Lipinski definition) is 1. The van der Waals surface area contributed by atoms with Gasteiger partial charge in [-0.2, -0.15) is 0 Å². The minimum atomic E-state index is 0.342. The minimum Gasteiger partial charge on any atom is -0.370 e. The average Bonchev–Trinajstić information content (AvgIpc) is 2.28. The zero-order valence-corrected chi connectivity index (χ0v) is 12.5. The summed E-state index contributed by atoms with van der Waals surface area (Å²) in [4.78, 5) is 11.4. The maximum atomic E-state index is 4.64. The Morgan fingerprint density at radius 2 is 1.89 bits per heavy atom. The van der Waals surface area contributed by atoms with Gasteiger partial charge in [0.2, 0.25) is 0 Å². The van der Waals surface area contributed by atoms with Crippen LogP contribution in [0.2, 0.25) is 0 Å². The molecule has 0 saturated carbocycles. The summed E-state index contributed by atoms with van der Waals surface area (Å²) in [7, 11) is 2.09. The molecule has 102 valence electrons. The van der Waals surface area contributed by atoms with Gasteiger partial charge in [0.25, 0.3) is 0 Å². The molecule has 0 radical (unpaired) electrons. The zero-order chi connectivity index (χ0) is 13.7. The van der Waals surface area contributed by atoms with Crippen molar-refractivity contribution in [2.45, 2.75) is 40.5 Å². The zero-order valence-electron chi connectivity index (χ0n) is 12.5. The molecule has 0 aliphatic rings. The second-order valence-corrected chi connectivity index (χ2v) is 5.43. The van der Waals surface area contributed by atoms with Crippen molar-refractivity contribution in [3.63, 3.8) is 0 Å². The lowest BCUT2D eigenvalue weighted by Crippen LogP contribution is -2.24. The summed E-state index contributed by atoms with van der Waals surface area (Å²) in [5.74, 6) is 3.78. The molecule has 1 aromatic rings. The molecule has 0 amide bonds. The molecule has 1 N–H and O–H groups in total. The van der Waals surface area contributed by atoms with Gasteiger partial charge >= 0.3 is 0 Å². The Morgan fingerprint density at radius 3 is 2.39 bits per heavy atom. The number of nitrogens with zero attached hydrogens (tertiary/aromatic N) is 3. The molecule has 0 unspecified atom stereocenters. The van der Waals surface area contributed by atoms with Gasteiger partial charge in [0.1, 0.15) is 17.5 Å². The lowest BCUT2D eigenvalue weighted by molar-refractivity contribution is 0.631. The summed E-state index contributed by atoms with van der Waals surface area (Å²) >= 11 is 0. The molecule has 0 aliphatic heterocycles. The summed E-state index contributed by atoms with van der Waals surface area (Å²) < 4.78 is 0. The van der Waals surface area contributed by atoms with Gasteiger partial charge in [-0.3, -0.25) is 0 Å². The van der Waals surface area contributed by atoms with Crippen LogP contribution < -0.4 is 10.2 Å². The van der Waals surface area contributed by atoms with Crippen molar-refractivity contribution < 1.29 is 0 Å². The van der Waals surface area contributed by atoms with Crippen LogP contribution in [-0.2, 0) is 0 Å². The molecule has 0 fully saturated rings. The third-order valence-corrected chi connectivity index (χ3v) is 2.63. The first-order valence-electron chi connectivity index (χ1n) is 6.78. The maximum absolute atomic E-state index is 4.64. The summed E-state index contributed by atoms with van der Waals surface area (Å²) in [5.41, 5.74) is 0. The van der Waals surface area contributed by atoms with Crippen LogP contribution in [0.15, 0.2) is 6.07 Å². The Balaban J connectivity index is 3.02. The van der Waals surface area contributed by atoms with Crippen molar-refractivity contribution in [2.24, 2.45) is 5.92 Å². The predicted molar refractivity (Wildman–Crippen MR) is 78.4 cm³/mol. The minimum absolute atomic E-state index is 0.342. The number of aromatic nitrogens is 2.